The molecule has 4 aromatic rings. The third kappa shape index (κ3) is 4.86. The monoisotopic (exact) mass is 486 g/mol. The van der Waals surface area contributed by atoms with Gasteiger partial charge in [-0.1, -0.05) is 0 Å². The Kier molecular flexibility index (Phi) is 6.78. The average Bonchev–Trinajstić information content (AvgIpc) is 3.48. The zero-order valence-corrected chi connectivity index (χ0v) is 21.7. The molecule has 1 saturated heterocycles. The van der Waals surface area contributed by atoms with Gasteiger partial charge in [-0.05, 0) is 44.9 Å². The molecule has 5 rings (SSSR count). The smallest absolute Gasteiger partial charge is 0.124 e. The standard InChI is InChI=1S/C28H34N6O2/c1-19-6-7-20(2)33(19)10-11-34(23-12-24(35-4)15-25(13-23)36-5)22-8-9-26-27(14-22)31-28(17-29-26)21-16-30-32(3)18-21/h8-9,12-20H,6-7,10-11H2,1-5H3/t19-,20+. The van der Waals surface area contributed by atoms with E-state index >= 15 is 0 Å². The second-order valence-electron chi connectivity index (χ2n) is 9.57. The molecule has 0 radical (unpaired) electrons. The normalized spacial score (nSPS) is 18.0. The molecule has 1 aliphatic heterocycles. The molecule has 0 aliphatic carbocycles. The van der Waals surface area contributed by atoms with Gasteiger partial charge in [0, 0.05) is 73.6 Å². The summed E-state index contributed by atoms with van der Waals surface area (Å²) >= 11 is 0. The van der Waals surface area contributed by atoms with Gasteiger partial charge in [-0.25, -0.2) is 4.98 Å². The largest absolute Gasteiger partial charge is 0.497 e. The molecular formula is C28H34N6O2. The average molecular weight is 487 g/mol. The van der Waals surface area contributed by atoms with Gasteiger partial charge in [0.2, 0.25) is 0 Å². The molecule has 0 spiro atoms. The quantitative estimate of drug-likeness (QED) is 0.345. The van der Waals surface area contributed by atoms with Crippen LogP contribution in [0.25, 0.3) is 22.3 Å². The lowest BCUT2D eigenvalue weighted by molar-refractivity contribution is 0.220. The maximum Gasteiger partial charge on any atom is 0.124 e. The number of fused-ring (bicyclic) bond motifs is 1. The fourth-order valence-corrected chi connectivity index (χ4v) is 5.12. The molecule has 0 unspecified atom stereocenters. The highest BCUT2D eigenvalue weighted by molar-refractivity contribution is 5.82. The van der Waals surface area contributed by atoms with Gasteiger partial charge < -0.3 is 14.4 Å². The molecule has 2 aromatic heterocycles. The number of nitrogens with zero attached hydrogens (tertiary/aromatic N) is 6. The fourth-order valence-electron chi connectivity index (χ4n) is 5.12. The number of rotatable bonds is 8. The van der Waals surface area contributed by atoms with Gasteiger partial charge in [-0.2, -0.15) is 5.10 Å². The lowest BCUT2D eigenvalue weighted by atomic mass is 10.2. The van der Waals surface area contributed by atoms with Gasteiger partial charge in [0.25, 0.3) is 0 Å². The fraction of sp³-hybridized carbons (Fsp3) is 0.393. The third-order valence-corrected chi connectivity index (χ3v) is 7.20. The molecule has 0 N–H and O–H groups in total. The van der Waals surface area contributed by atoms with Gasteiger partial charge in [0.15, 0.2) is 0 Å². The van der Waals surface area contributed by atoms with E-state index in [2.05, 4.69) is 58.0 Å². The second-order valence-corrected chi connectivity index (χ2v) is 9.57. The Bertz CT molecular complexity index is 1320. The molecule has 2 aromatic carbocycles. The minimum Gasteiger partial charge on any atom is -0.497 e. The number of likely N-dealkylation sites (tertiary alicyclic amines) is 1. The Hall–Kier alpha value is -3.65. The number of aromatic nitrogens is 4. The van der Waals surface area contributed by atoms with Crippen molar-refractivity contribution in [1.29, 1.82) is 0 Å². The zero-order valence-electron chi connectivity index (χ0n) is 21.7. The van der Waals surface area contributed by atoms with Gasteiger partial charge >= 0.3 is 0 Å². The summed E-state index contributed by atoms with van der Waals surface area (Å²) in [6.45, 7) is 6.44. The molecule has 3 heterocycles. The highest BCUT2D eigenvalue weighted by Crippen LogP contribution is 2.34. The summed E-state index contributed by atoms with van der Waals surface area (Å²) in [5.41, 5.74) is 5.52. The predicted molar refractivity (Wildman–Crippen MR) is 143 cm³/mol. The first-order valence-corrected chi connectivity index (χ1v) is 12.5. The van der Waals surface area contributed by atoms with Crippen LogP contribution < -0.4 is 14.4 Å². The highest BCUT2D eigenvalue weighted by Gasteiger charge is 2.27. The Labute approximate surface area is 212 Å². The molecule has 8 nitrogen and oxygen atoms in total. The second kappa shape index (κ2) is 10.1. The van der Waals surface area contributed by atoms with Crippen LogP contribution in [0.5, 0.6) is 11.5 Å². The Morgan fingerprint density at radius 2 is 1.64 bits per heavy atom. The van der Waals surface area contributed by atoms with Crippen LogP contribution in [-0.2, 0) is 7.05 Å². The third-order valence-electron chi connectivity index (χ3n) is 7.20. The van der Waals surface area contributed by atoms with Crippen molar-refractivity contribution in [2.45, 2.75) is 38.8 Å². The minimum absolute atomic E-state index is 0.589. The van der Waals surface area contributed by atoms with E-state index in [4.69, 9.17) is 14.5 Å². The van der Waals surface area contributed by atoms with E-state index < -0.39 is 0 Å². The van der Waals surface area contributed by atoms with Crippen molar-refractivity contribution in [2.24, 2.45) is 7.05 Å². The van der Waals surface area contributed by atoms with Crippen LogP contribution in [0.4, 0.5) is 11.4 Å². The first-order valence-electron chi connectivity index (χ1n) is 12.5. The summed E-state index contributed by atoms with van der Waals surface area (Å²) in [5, 5.41) is 4.28. The van der Waals surface area contributed by atoms with Crippen molar-refractivity contribution in [2.75, 3.05) is 32.2 Å². The van der Waals surface area contributed by atoms with Crippen LogP contribution in [0, 0.1) is 0 Å². The van der Waals surface area contributed by atoms with Crippen LogP contribution in [-0.4, -0.2) is 64.0 Å². The predicted octanol–water partition coefficient (Wildman–Crippen LogP) is 5.06. The summed E-state index contributed by atoms with van der Waals surface area (Å²) in [7, 11) is 5.27. The SMILES string of the molecule is COc1cc(OC)cc(N(CCN2[C@H](C)CC[C@@H]2C)c2ccc3ncc(-c4cnn(C)c4)nc3c2)c1. The molecule has 2 atom stereocenters. The van der Waals surface area contributed by atoms with E-state index in [1.54, 1.807) is 25.1 Å². The molecule has 0 amide bonds. The van der Waals surface area contributed by atoms with Crippen LogP contribution in [0.1, 0.15) is 26.7 Å². The number of anilines is 2. The number of ether oxygens (including phenoxy) is 2. The van der Waals surface area contributed by atoms with E-state index in [-0.39, 0.29) is 0 Å². The number of methoxy groups -OCH3 is 2. The molecule has 188 valence electrons. The first kappa shape index (κ1) is 24.1. The first-order chi connectivity index (χ1) is 17.4. The van der Waals surface area contributed by atoms with Crippen LogP contribution in [0.2, 0.25) is 0 Å². The van der Waals surface area contributed by atoms with Gasteiger partial charge in [0.05, 0.1) is 43.3 Å². The van der Waals surface area contributed by atoms with Crippen molar-refractivity contribution in [3.05, 3.63) is 55.0 Å². The van der Waals surface area contributed by atoms with Crippen molar-refractivity contribution in [1.82, 2.24) is 24.6 Å². The molecule has 1 aliphatic rings. The van der Waals surface area contributed by atoms with E-state index in [1.807, 2.05) is 31.6 Å². The Morgan fingerprint density at radius 1 is 0.917 bits per heavy atom. The van der Waals surface area contributed by atoms with E-state index in [9.17, 15) is 0 Å². The van der Waals surface area contributed by atoms with Gasteiger partial charge in [-0.3, -0.25) is 14.6 Å². The number of hydrogen-bond acceptors (Lipinski definition) is 7. The summed E-state index contributed by atoms with van der Waals surface area (Å²) in [6.07, 6.45) is 8.06. The summed E-state index contributed by atoms with van der Waals surface area (Å²) in [4.78, 5) is 14.5. The highest BCUT2D eigenvalue weighted by atomic mass is 16.5. The minimum atomic E-state index is 0.589. The van der Waals surface area contributed by atoms with E-state index in [0.29, 0.717) is 12.1 Å². The van der Waals surface area contributed by atoms with E-state index in [1.165, 1.54) is 12.8 Å². The van der Waals surface area contributed by atoms with Crippen molar-refractivity contribution < 1.29 is 9.47 Å². The van der Waals surface area contributed by atoms with Crippen molar-refractivity contribution in [3.63, 3.8) is 0 Å². The van der Waals surface area contributed by atoms with Crippen LogP contribution in [0.3, 0.4) is 0 Å². The van der Waals surface area contributed by atoms with E-state index in [0.717, 1.165) is 58.3 Å². The molecule has 8 heteroatoms. The van der Waals surface area contributed by atoms with Crippen molar-refractivity contribution in [3.8, 4) is 22.8 Å². The summed E-state index contributed by atoms with van der Waals surface area (Å²) < 4.78 is 12.9. The van der Waals surface area contributed by atoms with Crippen LogP contribution in [0.15, 0.2) is 55.0 Å². The van der Waals surface area contributed by atoms with Gasteiger partial charge in [0.1, 0.15) is 11.5 Å². The maximum absolute atomic E-state index is 5.59. The number of hydrogen-bond donors (Lipinski definition) is 0. The molecule has 0 saturated carbocycles. The molecular weight excluding hydrogens is 452 g/mol. The van der Waals surface area contributed by atoms with Gasteiger partial charge in [-0.15, -0.1) is 0 Å². The molecule has 0 bridgehead atoms. The zero-order chi connectivity index (χ0) is 25.2. The molecule has 1 fully saturated rings. The molecule has 36 heavy (non-hydrogen) atoms. The van der Waals surface area contributed by atoms with Crippen LogP contribution >= 0.6 is 0 Å². The lowest BCUT2D eigenvalue weighted by Gasteiger charge is -2.31. The topological polar surface area (TPSA) is 68.5 Å². The maximum atomic E-state index is 5.59. The Morgan fingerprint density at radius 3 is 2.28 bits per heavy atom. The van der Waals surface area contributed by atoms with Crippen molar-refractivity contribution >= 4 is 22.4 Å². The number of aryl methyl sites for hydroxylation is 1. The Balaban J connectivity index is 1.55. The summed E-state index contributed by atoms with van der Waals surface area (Å²) in [6, 6.07) is 13.5. The summed E-state index contributed by atoms with van der Waals surface area (Å²) in [5.74, 6) is 1.52. The lowest BCUT2D eigenvalue weighted by Crippen LogP contribution is -2.38. The number of benzene rings is 2.